The van der Waals surface area contributed by atoms with Crippen molar-refractivity contribution >= 4 is 38.4 Å². The maximum atomic E-state index is 13.8. The molecule has 10 heteroatoms. The first kappa shape index (κ1) is 23.2. The lowest BCUT2D eigenvalue weighted by molar-refractivity contribution is 0.262. The highest BCUT2D eigenvalue weighted by Gasteiger charge is 2.33. The summed E-state index contributed by atoms with van der Waals surface area (Å²) in [5.41, 5.74) is 1.81. The quantitative estimate of drug-likeness (QED) is 0.292. The van der Waals surface area contributed by atoms with Gasteiger partial charge in [0.1, 0.15) is 22.5 Å². The minimum Gasteiger partial charge on any atom is -0.346 e. The van der Waals surface area contributed by atoms with Crippen LogP contribution in [0.1, 0.15) is 16.4 Å². The number of halogens is 1. The molecular weight excluding hydrogens is 481 g/mol. The molecule has 8 nitrogen and oxygen atoms in total. The molecule has 2 amide bonds. The van der Waals surface area contributed by atoms with Gasteiger partial charge >= 0.3 is 6.03 Å². The number of H-pyrrole nitrogens is 1. The number of aromatic nitrogens is 3. The molecule has 36 heavy (non-hydrogen) atoms. The Morgan fingerprint density at radius 2 is 1.75 bits per heavy atom. The van der Waals surface area contributed by atoms with Gasteiger partial charge in [-0.3, -0.25) is 5.32 Å². The van der Waals surface area contributed by atoms with Crippen molar-refractivity contribution in [3.8, 4) is 0 Å². The Balaban J connectivity index is 1.48. The van der Waals surface area contributed by atoms with E-state index in [1.165, 1.54) is 30.5 Å². The van der Waals surface area contributed by atoms with Crippen molar-refractivity contribution in [2.24, 2.45) is 0 Å². The van der Waals surface area contributed by atoms with E-state index in [9.17, 15) is 17.6 Å². The molecule has 3 N–H and O–H groups in total. The van der Waals surface area contributed by atoms with E-state index in [2.05, 4.69) is 25.6 Å². The molecule has 1 atom stereocenters. The summed E-state index contributed by atoms with van der Waals surface area (Å²) >= 11 is 0. The van der Waals surface area contributed by atoms with Gasteiger partial charge in [-0.25, -0.2) is 27.6 Å². The lowest BCUT2D eigenvalue weighted by atomic mass is 10.1. The Labute approximate surface area is 206 Å². The number of benzene rings is 2. The molecule has 0 aliphatic heterocycles. The van der Waals surface area contributed by atoms with Crippen molar-refractivity contribution in [3.05, 3.63) is 114 Å². The van der Waals surface area contributed by atoms with Crippen molar-refractivity contribution in [2.45, 2.75) is 10.1 Å². The average molecular weight is 502 g/mol. The van der Waals surface area contributed by atoms with Crippen LogP contribution in [0.25, 0.3) is 11.0 Å². The molecule has 0 radical (unpaired) electrons. The van der Waals surface area contributed by atoms with E-state index in [1.54, 1.807) is 60.9 Å². The van der Waals surface area contributed by atoms with Crippen molar-refractivity contribution < 1.29 is 17.6 Å². The standard InChI is InChI=1S/C26H20FN5O3S/c27-18-6-4-7-19(14-18)31-26(33)32-23-12-11-17(15-29-23)24(36(34,35)20-8-2-1-3-9-20)22-16-30-25-21(22)10-5-13-28-25/h1-16,24H,(H,28,30)(H2,29,31,32,33). The summed E-state index contributed by atoms with van der Waals surface area (Å²) in [5.74, 6) is -0.280. The van der Waals surface area contributed by atoms with Gasteiger partial charge in [-0.1, -0.05) is 30.3 Å². The fourth-order valence-corrected chi connectivity index (χ4v) is 5.78. The first-order valence-corrected chi connectivity index (χ1v) is 12.5. The SMILES string of the molecule is O=C(Nc1cccc(F)c1)Nc1ccc(C(c2c[nH]c3ncccc23)S(=O)(=O)c2ccccc2)cn1. The number of aromatic amines is 1. The zero-order valence-corrected chi connectivity index (χ0v) is 19.5. The number of pyridine rings is 2. The van der Waals surface area contributed by atoms with Crippen molar-refractivity contribution in [3.63, 3.8) is 0 Å². The van der Waals surface area contributed by atoms with Crippen LogP contribution in [0.5, 0.6) is 0 Å². The lowest BCUT2D eigenvalue weighted by Gasteiger charge is -2.18. The van der Waals surface area contributed by atoms with Gasteiger partial charge in [-0.15, -0.1) is 0 Å². The molecule has 0 fully saturated rings. The van der Waals surface area contributed by atoms with Gasteiger partial charge in [-0.05, 0) is 54.1 Å². The first-order chi connectivity index (χ1) is 17.4. The molecule has 2 aromatic carbocycles. The lowest BCUT2D eigenvalue weighted by Crippen LogP contribution is -2.20. The summed E-state index contributed by atoms with van der Waals surface area (Å²) in [7, 11) is -3.87. The second-order valence-electron chi connectivity index (χ2n) is 7.95. The zero-order chi connectivity index (χ0) is 25.1. The Kier molecular flexibility index (Phi) is 6.17. The number of fused-ring (bicyclic) bond motifs is 1. The van der Waals surface area contributed by atoms with E-state index in [1.807, 2.05) is 6.07 Å². The van der Waals surface area contributed by atoms with Crippen LogP contribution in [0, 0.1) is 5.82 Å². The number of sulfone groups is 1. The molecule has 3 aromatic heterocycles. The summed E-state index contributed by atoms with van der Waals surface area (Å²) in [6, 6.07) is 19.7. The number of carbonyl (C=O) groups excluding carboxylic acids is 1. The summed E-state index contributed by atoms with van der Waals surface area (Å²) in [6.07, 6.45) is 4.68. The van der Waals surface area contributed by atoms with Crippen LogP contribution in [-0.4, -0.2) is 29.4 Å². The van der Waals surface area contributed by atoms with Crippen LogP contribution in [0.15, 0.2) is 102 Å². The molecule has 180 valence electrons. The third-order valence-electron chi connectivity index (χ3n) is 5.56. The number of hydrogen-bond donors (Lipinski definition) is 3. The first-order valence-electron chi connectivity index (χ1n) is 10.9. The van der Waals surface area contributed by atoms with Gasteiger partial charge in [-0.2, -0.15) is 0 Å². The number of amides is 2. The highest BCUT2D eigenvalue weighted by Crippen LogP contribution is 2.38. The molecular formula is C26H20FN5O3S. The number of nitrogens with one attached hydrogen (secondary N) is 3. The predicted molar refractivity (Wildman–Crippen MR) is 135 cm³/mol. The maximum absolute atomic E-state index is 13.8. The topological polar surface area (TPSA) is 117 Å². The second kappa shape index (κ2) is 9.59. The Hall–Kier alpha value is -4.57. The van der Waals surface area contributed by atoms with E-state index in [-0.39, 0.29) is 16.4 Å². The van der Waals surface area contributed by atoms with Crippen LogP contribution < -0.4 is 10.6 Å². The van der Waals surface area contributed by atoms with Crippen molar-refractivity contribution in [1.29, 1.82) is 0 Å². The fourth-order valence-electron chi connectivity index (χ4n) is 3.95. The van der Waals surface area contributed by atoms with Gasteiger partial charge < -0.3 is 10.3 Å². The van der Waals surface area contributed by atoms with Crippen LogP contribution in [-0.2, 0) is 9.84 Å². The van der Waals surface area contributed by atoms with E-state index < -0.39 is 26.9 Å². The molecule has 0 saturated heterocycles. The number of carbonyl (C=O) groups is 1. The van der Waals surface area contributed by atoms with Crippen LogP contribution in [0.2, 0.25) is 0 Å². The molecule has 1 unspecified atom stereocenters. The van der Waals surface area contributed by atoms with Crippen molar-refractivity contribution in [2.75, 3.05) is 10.6 Å². The molecule has 0 aliphatic carbocycles. The molecule has 3 heterocycles. The highest BCUT2D eigenvalue weighted by atomic mass is 32.2. The third kappa shape index (κ3) is 4.66. The summed E-state index contributed by atoms with van der Waals surface area (Å²) in [6.45, 7) is 0. The van der Waals surface area contributed by atoms with E-state index in [0.29, 0.717) is 22.2 Å². The van der Waals surface area contributed by atoms with Crippen molar-refractivity contribution in [1.82, 2.24) is 15.0 Å². The molecule has 5 aromatic rings. The van der Waals surface area contributed by atoms with Gasteiger partial charge in [0.15, 0.2) is 9.84 Å². The summed E-state index contributed by atoms with van der Waals surface area (Å²) in [4.78, 5) is 24.0. The molecule has 0 saturated carbocycles. The normalized spacial score (nSPS) is 12.2. The largest absolute Gasteiger partial charge is 0.346 e. The molecule has 0 aliphatic rings. The van der Waals surface area contributed by atoms with Crippen LogP contribution in [0.4, 0.5) is 20.7 Å². The smallest absolute Gasteiger partial charge is 0.324 e. The van der Waals surface area contributed by atoms with E-state index in [4.69, 9.17) is 0 Å². The molecule has 0 bridgehead atoms. The number of anilines is 2. The Morgan fingerprint density at radius 1 is 0.917 bits per heavy atom. The maximum Gasteiger partial charge on any atom is 0.324 e. The minimum atomic E-state index is -3.87. The van der Waals surface area contributed by atoms with Gasteiger partial charge in [0, 0.05) is 35.2 Å². The van der Waals surface area contributed by atoms with Gasteiger partial charge in [0.25, 0.3) is 0 Å². The van der Waals surface area contributed by atoms with Crippen LogP contribution in [0.3, 0.4) is 0 Å². The Morgan fingerprint density at radius 3 is 2.50 bits per heavy atom. The highest BCUT2D eigenvalue weighted by molar-refractivity contribution is 7.92. The molecule has 0 spiro atoms. The van der Waals surface area contributed by atoms with Gasteiger partial charge in [0.05, 0.1) is 4.90 Å². The van der Waals surface area contributed by atoms with E-state index in [0.717, 1.165) is 0 Å². The number of urea groups is 1. The second-order valence-corrected chi connectivity index (χ2v) is 9.98. The molecule has 5 rings (SSSR count). The number of nitrogens with zero attached hydrogens (tertiary/aromatic N) is 2. The predicted octanol–water partition coefficient (Wildman–Crippen LogP) is 5.30. The van der Waals surface area contributed by atoms with Crippen LogP contribution >= 0.6 is 0 Å². The zero-order valence-electron chi connectivity index (χ0n) is 18.7. The number of hydrogen-bond acceptors (Lipinski definition) is 5. The average Bonchev–Trinajstić information content (AvgIpc) is 3.29. The third-order valence-corrected chi connectivity index (χ3v) is 7.64. The minimum absolute atomic E-state index is 0.171. The van der Waals surface area contributed by atoms with Gasteiger partial charge in [0.2, 0.25) is 0 Å². The van der Waals surface area contributed by atoms with E-state index >= 15 is 0 Å². The summed E-state index contributed by atoms with van der Waals surface area (Å²) in [5, 5.41) is 4.69. The Bertz CT molecular complexity index is 1640. The summed E-state index contributed by atoms with van der Waals surface area (Å²) < 4.78 is 40.9. The monoisotopic (exact) mass is 501 g/mol. The number of rotatable bonds is 6. The fraction of sp³-hybridized carbons (Fsp3) is 0.0385.